The van der Waals surface area contributed by atoms with Crippen molar-refractivity contribution in [2.24, 2.45) is 0 Å². The van der Waals surface area contributed by atoms with E-state index in [9.17, 15) is 4.79 Å². The van der Waals surface area contributed by atoms with Crippen molar-refractivity contribution in [3.05, 3.63) is 51.2 Å². The summed E-state index contributed by atoms with van der Waals surface area (Å²) in [5.41, 5.74) is 4.50. The molecular formula is C21H31N3OS+2. The van der Waals surface area contributed by atoms with Gasteiger partial charge in [-0.25, -0.2) is 0 Å². The highest BCUT2D eigenvalue weighted by atomic mass is 32.1. The van der Waals surface area contributed by atoms with Gasteiger partial charge in [-0.2, -0.15) is 0 Å². The average molecular weight is 374 g/mol. The van der Waals surface area contributed by atoms with E-state index in [1.165, 1.54) is 15.3 Å². The number of thiophene rings is 1. The predicted octanol–water partition coefficient (Wildman–Crippen LogP) is 0.984. The van der Waals surface area contributed by atoms with E-state index in [1.807, 2.05) is 11.3 Å². The molecule has 1 saturated heterocycles. The van der Waals surface area contributed by atoms with Gasteiger partial charge in [-0.05, 0) is 50.3 Å². The Morgan fingerprint density at radius 3 is 2.38 bits per heavy atom. The molecule has 0 radical (unpaired) electrons. The maximum atomic E-state index is 12.8. The molecule has 3 N–H and O–H groups in total. The lowest BCUT2D eigenvalue weighted by molar-refractivity contribution is -1.02. The summed E-state index contributed by atoms with van der Waals surface area (Å²) in [4.78, 5) is 17.3. The second-order valence-corrected chi connectivity index (χ2v) is 8.68. The highest BCUT2D eigenvalue weighted by Gasteiger charge is 2.31. The van der Waals surface area contributed by atoms with E-state index in [0.717, 1.165) is 49.5 Å². The number of hydrogen-bond donors (Lipinski definition) is 3. The van der Waals surface area contributed by atoms with Crippen LogP contribution in [-0.4, -0.2) is 38.1 Å². The summed E-state index contributed by atoms with van der Waals surface area (Å²) in [6.07, 6.45) is 0. The van der Waals surface area contributed by atoms with Crippen LogP contribution in [0.25, 0.3) is 0 Å². The van der Waals surface area contributed by atoms with Crippen molar-refractivity contribution in [1.29, 1.82) is 0 Å². The van der Waals surface area contributed by atoms with Crippen LogP contribution in [0.5, 0.6) is 0 Å². The molecular weight excluding hydrogens is 342 g/mol. The summed E-state index contributed by atoms with van der Waals surface area (Å²) in [5.74, 6) is 0.136. The molecule has 1 atom stereocenters. The second-order valence-electron chi connectivity index (χ2n) is 7.65. The first-order valence-corrected chi connectivity index (χ1v) is 10.4. The minimum absolute atomic E-state index is 0.0154. The van der Waals surface area contributed by atoms with Gasteiger partial charge >= 0.3 is 0 Å². The van der Waals surface area contributed by atoms with E-state index in [4.69, 9.17) is 0 Å². The van der Waals surface area contributed by atoms with Crippen LogP contribution in [-0.2, 0) is 11.3 Å². The molecule has 3 rings (SSSR count). The third-order valence-electron chi connectivity index (χ3n) is 5.53. The number of benzene rings is 1. The SMILES string of the molecule is Cc1cc(C)c(NC(=O)[C@@H](C)[NH+]2CC[NH+](Cc3cccs3)CC2)c(C)c1. The van der Waals surface area contributed by atoms with Gasteiger partial charge in [0, 0.05) is 5.69 Å². The number of anilines is 1. The molecule has 1 aromatic carbocycles. The summed E-state index contributed by atoms with van der Waals surface area (Å²) in [6.45, 7) is 13.8. The molecule has 26 heavy (non-hydrogen) atoms. The normalized spacial score (nSPS) is 21.4. The molecule has 4 nitrogen and oxygen atoms in total. The maximum absolute atomic E-state index is 12.8. The van der Waals surface area contributed by atoms with Crippen LogP contribution in [0.15, 0.2) is 29.6 Å². The van der Waals surface area contributed by atoms with Crippen molar-refractivity contribution in [3.63, 3.8) is 0 Å². The van der Waals surface area contributed by atoms with Gasteiger partial charge in [0.2, 0.25) is 0 Å². The van der Waals surface area contributed by atoms with E-state index >= 15 is 0 Å². The molecule has 1 fully saturated rings. The molecule has 0 unspecified atom stereocenters. The van der Waals surface area contributed by atoms with Crippen LogP contribution >= 0.6 is 11.3 Å². The van der Waals surface area contributed by atoms with Crippen molar-refractivity contribution in [1.82, 2.24) is 0 Å². The Labute approximate surface area is 160 Å². The maximum Gasteiger partial charge on any atom is 0.282 e. The summed E-state index contributed by atoms with van der Waals surface area (Å²) in [6, 6.07) is 8.60. The number of piperazine rings is 1. The van der Waals surface area contributed by atoms with Crippen LogP contribution in [0.3, 0.4) is 0 Å². The first-order valence-electron chi connectivity index (χ1n) is 9.53. The number of hydrogen-bond acceptors (Lipinski definition) is 2. The van der Waals surface area contributed by atoms with E-state index in [0.29, 0.717) is 0 Å². The topological polar surface area (TPSA) is 38.0 Å². The van der Waals surface area contributed by atoms with Crippen molar-refractivity contribution in [3.8, 4) is 0 Å². The van der Waals surface area contributed by atoms with Crippen molar-refractivity contribution in [2.75, 3.05) is 31.5 Å². The van der Waals surface area contributed by atoms with Crippen LogP contribution < -0.4 is 15.1 Å². The van der Waals surface area contributed by atoms with Gasteiger partial charge in [0.1, 0.15) is 32.7 Å². The molecule has 1 amide bonds. The molecule has 5 heteroatoms. The van der Waals surface area contributed by atoms with Gasteiger partial charge in [-0.15, -0.1) is 11.3 Å². The predicted molar refractivity (Wildman–Crippen MR) is 108 cm³/mol. The van der Waals surface area contributed by atoms with E-state index < -0.39 is 0 Å². The summed E-state index contributed by atoms with van der Waals surface area (Å²) < 4.78 is 0. The van der Waals surface area contributed by atoms with Gasteiger partial charge < -0.3 is 15.1 Å². The first-order chi connectivity index (χ1) is 12.4. The number of aryl methyl sites for hydroxylation is 3. The Balaban J connectivity index is 1.55. The van der Waals surface area contributed by atoms with Crippen LogP contribution in [0, 0.1) is 20.8 Å². The Morgan fingerprint density at radius 2 is 1.81 bits per heavy atom. The lowest BCUT2D eigenvalue weighted by atomic mass is 10.0. The lowest BCUT2D eigenvalue weighted by Gasteiger charge is -2.32. The molecule has 0 spiro atoms. The zero-order chi connectivity index (χ0) is 18.7. The van der Waals surface area contributed by atoms with Gasteiger partial charge in [-0.3, -0.25) is 4.79 Å². The molecule has 1 aromatic heterocycles. The van der Waals surface area contributed by atoms with Crippen LogP contribution in [0.2, 0.25) is 0 Å². The highest BCUT2D eigenvalue weighted by molar-refractivity contribution is 7.09. The van der Waals surface area contributed by atoms with Gasteiger partial charge in [0.05, 0.1) is 4.88 Å². The standard InChI is InChI=1S/C21H29N3OS/c1-15-12-16(2)20(17(3)13-15)22-21(25)18(4)24-9-7-23(8-10-24)14-19-6-5-11-26-19/h5-6,11-13,18H,7-10,14H2,1-4H3,(H,22,25)/p+2/t18-/m1/s1. The number of quaternary nitrogens is 2. The van der Waals surface area contributed by atoms with Crippen molar-refractivity contribution < 1.29 is 14.6 Å². The molecule has 0 bridgehead atoms. The minimum atomic E-state index is -0.0154. The van der Waals surface area contributed by atoms with Crippen molar-refractivity contribution >= 4 is 22.9 Å². The van der Waals surface area contributed by atoms with Gasteiger partial charge in [0.25, 0.3) is 5.91 Å². The smallest absolute Gasteiger partial charge is 0.282 e. The third kappa shape index (κ3) is 4.53. The molecule has 0 aliphatic carbocycles. The molecule has 1 aliphatic heterocycles. The number of amides is 1. The molecule has 2 heterocycles. The molecule has 1 aliphatic rings. The molecule has 2 aromatic rings. The number of carbonyl (C=O) groups excluding carboxylic acids is 1. The minimum Gasteiger partial charge on any atom is -0.321 e. The number of nitrogens with one attached hydrogen (secondary N) is 3. The summed E-state index contributed by atoms with van der Waals surface area (Å²) >= 11 is 1.84. The molecule has 140 valence electrons. The highest BCUT2D eigenvalue weighted by Crippen LogP contribution is 2.21. The largest absolute Gasteiger partial charge is 0.321 e. The quantitative estimate of drug-likeness (QED) is 0.718. The fourth-order valence-corrected chi connectivity index (χ4v) is 4.76. The zero-order valence-corrected chi connectivity index (χ0v) is 17.1. The first kappa shape index (κ1) is 19.1. The van der Waals surface area contributed by atoms with Crippen molar-refractivity contribution in [2.45, 2.75) is 40.3 Å². The summed E-state index contributed by atoms with van der Waals surface area (Å²) in [5, 5.41) is 5.34. The number of carbonyl (C=O) groups is 1. The van der Waals surface area contributed by atoms with E-state index in [-0.39, 0.29) is 11.9 Å². The Bertz CT molecular complexity index is 726. The monoisotopic (exact) mass is 373 g/mol. The zero-order valence-electron chi connectivity index (χ0n) is 16.3. The average Bonchev–Trinajstić information content (AvgIpc) is 3.11. The third-order valence-corrected chi connectivity index (χ3v) is 6.41. The Hall–Kier alpha value is -1.69. The van der Waals surface area contributed by atoms with Crippen LogP contribution in [0.4, 0.5) is 5.69 Å². The van der Waals surface area contributed by atoms with Crippen LogP contribution in [0.1, 0.15) is 28.5 Å². The van der Waals surface area contributed by atoms with Gasteiger partial charge in [0.15, 0.2) is 6.04 Å². The molecule has 0 saturated carbocycles. The lowest BCUT2D eigenvalue weighted by Crippen LogP contribution is -3.29. The Kier molecular flexibility index (Phi) is 6.12. The van der Waals surface area contributed by atoms with E-state index in [1.54, 1.807) is 4.90 Å². The Morgan fingerprint density at radius 1 is 1.15 bits per heavy atom. The summed E-state index contributed by atoms with van der Waals surface area (Å²) in [7, 11) is 0. The fourth-order valence-electron chi connectivity index (χ4n) is 3.99. The second kappa shape index (κ2) is 8.33. The van der Waals surface area contributed by atoms with Gasteiger partial charge in [-0.1, -0.05) is 23.8 Å². The number of rotatable bonds is 5. The van der Waals surface area contributed by atoms with E-state index in [2.05, 4.69) is 62.7 Å². The fraction of sp³-hybridized carbons (Fsp3) is 0.476.